The van der Waals surface area contributed by atoms with Crippen molar-refractivity contribution in [1.82, 2.24) is 5.32 Å². The van der Waals surface area contributed by atoms with Crippen molar-refractivity contribution in [3.63, 3.8) is 0 Å². The van der Waals surface area contributed by atoms with Crippen LogP contribution in [0.25, 0.3) is 0 Å². The Morgan fingerprint density at radius 3 is 2.65 bits per heavy atom. The summed E-state index contributed by atoms with van der Waals surface area (Å²) in [5.41, 5.74) is 1.07. The first-order valence-electron chi connectivity index (χ1n) is 7.29. The Labute approximate surface area is 134 Å². The van der Waals surface area contributed by atoms with E-state index in [9.17, 15) is 14.9 Å². The third-order valence-electron chi connectivity index (χ3n) is 3.27. The van der Waals surface area contributed by atoms with Crippen LogP contribution in [0.1, 0.15) is 12.5 Å². The maximum atomic E-state index is 12.0. The fraction of sp³-hybridized carbons (Fsp3) is 0.235. The van der Waals surface area contributed by atoms with Gasteiger partial charge >= 0.3 is 0 Å². The number of nitrogens with zero attached hydrogens (tertiary/aromatic N) is 1. The molecule has 0 saturated heterocycles. The zero-order valence-electron chi connectivity index (χ0n) is 12.8. The summed E-state index contributed by atoms with van der Waals surface area (Å²) < 4.78 is 5.45. The molecule has 0 saturated carbocycles. The Balaban J connectivity index is 1.83. The van der Waals surface area contributed by atoms with E-state index in [0.29, 0.717) is 12.3 Å². The van der Waals surface area contributed by atoms with E-state index in [1.165, 1.54) is 18.2 Å². The number of amides is 1. The van der Waals surface area contributed by atoms with Crippen LogP contribution < -0.4 is 10.1 Å². The Morgan fingerprint density at radius 1 is 1.22 bits per heavy atom. The third-order valence-corrected chi connectivity index (χ3v) is 3.27. The molecule has 1 amide bonds. The number of nitro groups is 1. The Morgan fingerprint density at radius 2 is 1.96 bits per heavy atom. The lowest BCUT2D eigenvalue weighted by Gasteiger charge is -2.14. The van der Waals surface area contributed by atoms with E-state index in [4.69, 9.17) is 4.74 Å². The Bertz CT molecular complexity index is 673. The molecule has 0 fully saturated rings. The zero-order valence-corrected chi connectivity index (χ0v) is 12.8. The summed E-state index contributed by atoms with van der Waals surface area (Å²) in [6.45, 7) is 2.11. The summed E-state index contributed by atoms with van der Waals surface area (Å²) in [5.74, 6) is 0.0392. The van der Waals surface area contributed by atoms with Crippen LogP contribution in [0.3, 0.4) is 0 Å². The highest BCUT2D eigenvalue weighted by Crippen LogP contribution is 2.20. The van der Waals surface area contributed by atoms with Crippen LogP contribution in [-0.4, -0.2) is 23.5 Å². The van der Waals surface area contributed by atoms with Crippen LogP contribution in [0.15, 0.2) is 54.6 Å². The summed E-state index contributed by atoms with van der Waals surface area (Å²) in [4.78, 5) is 22.2. The van der Waals surface area contributed by atoms with E-state index < -0.39 is 11.0 Å². The second-order valence-corrected chi connectivity index (χ2v) is 5.04. The second kappa shape index (κ2) is 7.93. The van der Waals surface area contributed by atoms with E-state index in [-0.39, 0.29) is 11.6 Å². The predicted octanol–water partition coefficient (Wildman–Crippen LogP) is 2.72. The Hall–Kier alpha value is -2.89. The number of nitrogens with one attached hydrogen (secondary N) is 1. The minimum Gasteiger partial charge on any atom is -0.481 e. The molecule has 0 heterocycles. The van der Waals surface area contributed by atoms with Gasteiger partial charge in [-0.05, 0) is 25.0 Å². The topological polar surface area (TPSA) is 81.5 Å². The SMILES string of the molecule is C[C@H](Oc1cccc([N+](=O)[O-])c1)C(=O)NCCc1ccccc1. The number of hydrogen-bond acceptors (Lipinski definition) is 4. The number of carbonyl (C=O) groups is 1. The van der Waals surface area contributed by atoms with E-state index in [1.54, 1.807) is 13.0 Å². The van der Waals surface area contributed by atoms with Gasteiger partial charge < -0.3 is 10.1 Å². The standard InChI is InChI=1S/C17H18N2O4/c1-13(23-16-9-5-8-15(12-16)19(21)22)17(20)18-11-10-14-6-3-2-4-7-14/h2-9,12-13H,10-11H2,1H3,(H,18,20)/t13-/m0/s1. The lowest BCUT2D eigenvalue weighted by atomic mass is 10.1. The number of non-ortho nitro benzene ring substituents is 1. The van der Waals surface area contributed by atoms with E-state index >= 15 is 0 Å². The van der Waals surface area contributed by atoms with Crippen molar-refractivity contribution in [2.45, 2.75) is 19.4 Å². The molecule has 120 valence electrons. The number of rotatable bonds is 7. The van der Waals surface area contributed by atoms with Gasteiger partial charge in [-0.25, -0.2) is 0 Å². The third kappa shape index (κ3) is 5.10. The lowest BCUT2D eigenvalue weighted by molar-refractivity contribution is -0.384. The minimum atomic E-state index is -0.729. The fourth-order valence-corrected chi connectivity index (χ4v) is 2.05. The average Bonchev–Trinajstić information content (AvgIpc) is 2.56. The molecule has 2 aromatic rings. The summed E-state index contributed by atoms with van der Waals surface area (Å²) in [6, 6.07) is 15.6. The molecule has 0 radical (unpaired) electrons. The normalized spacial score (nSPS) is 11.5. The molecule has 2 rings (SSSR count). The molecule has 6 nitrogen and oxygen atoms in total. The molecule has 6 heteroatoms. The van der Waals surface area contributed by atoms with Crippen LogP contribution in [0.2, 0.25) is 0 Å². The van der Waals surface area contributed by atoms with Crippen LogP contribution in [-0.2, 0) is 11.2 Å². The number of benzene rings is 2. The molecule has 0 aliphatic rings. The molecule has 23 heavy (non-hydrogen) atoms. The molecular formula is C17H18N2O4. The average molecular weight is 314 g/mol. The molecular weight excluding hydrogens is 296 g/mol. The highest BCUT2D eigenvalue weighted by atomic mass is 16.6. The molecule has 0 aliphatic heterocycles. The van der Waals surface area contributed by atoms with Crippen molar-refractivity contribution in [3.8, 4) is 5.75 Å². The van der Waals surface area contributed by atoms with Gasteiger partial charge in [-0.1, -0.05) is 36.4 Å². The van der Waals surface area contributed by atoms with Gasteiger partial charge in [0, 0.05) is 12.6 Å². The number of nitro benzene ring substituents is 1. The largest absolute Gasteiger partial charge is 0.481 e. The van der Waals surface area contributed by atoms with Crippen molar-refractivity contribution in [2.24, 2.45) is 0 Å². The highest BCUT2D eigenvalue weighted by Gasteiger charge is 2.15. The molecule has 2 aromatic carbocycles. The summed E-state index contributed by atoms with van der Waals surface area (Å²) in [5, 5.41) is 13.5. The quantitative estimate of drug-likeness (QED) is 0.629. The van der Waals surface area contributed by atoms with Crippen molar-refractivity contribution in [2.75, 3.05) is 6.54 Å². The molecule has 0 aromatic heterocycles. The van der Waals surface area contributed by atoms with Crippen molar-refractivity contribution in [1.29, 1.82) is 0 Å². The van der Waals surface area contributed by atoms with Crippen LogP contribution in [0.5, 0.6) is 5.75 Å². The second-order valence-electron chi connectivity index (χ2n) is 5.04. The maximum Gasteiger partial charge on any atom is 0.273 e. The molecule has 0 unspecified atom stereocenters. The summed E-state index contributed by atoms with van der Waals surface area (Å²) >= 11 is 0. The zero-order chi connectivity index (χ0) is 16.7. The van der Waals surface area contributed by atoms with Gasteiger partial charge in [0.25, 0.3) is 11.6 Å². The minimum absolute atomic E-state index is 0.0702. The van der Waals surface area contributed by atoms with Crippen LogP contribution in [0.4, 0.5) is 5.69 Å². The molecule has 1 atom stereocenters. The molecule has 0 bridgehead atoms. The Kier molecular flexibility index (Phi) is 5.68. The smallest absolute Gasteiger partial charge is 0.273 e. The maximum absolute atomic E-state index is 12.0. The van der Waals surface area contributed by atoms with Crippen molar-refractivity contribution in [3.05, 3.63) is 70.3 Å². The molecule has 0 spiro atoms. The number of carbonyl (C=O) groups excluding carboxylic acids is 1. The predicted molar refractivity (Wildman–Crippen MR) is 86.3 cm³/mol. The van der Waals surface area contributed by atoms with Gasteiger partial charge in [-0.2, -0.15) is 0 Å². The van der Waals surface area contributed by atoms with E-state index in [1.807, 2.05) is 30.3 Å². The number of hydrogen-bond donors (Lipinski definition) is 1. The summed E-state index contributed by atoms with van der Waals surface area (Å²) in [7, 11) is 0. The van der Waals surface area contributed by atoms with Crippen LogP contribution in [0, 0.1) is 10.1 Å². The lowest BCUT2D eigenvalue weighted by Crippen LogP contribution is -2.37. The molecule has 0 aliphatic carbocycles. The van der Waals surface area contributed by atoms with Gasteiger partial charge in [-0.3, -0.25) is 14.9 Å². The van der Waals surface area contributed by atoms with Gasteiger partial charge in [0.1, 0.15) is 5.75 Å². The molecule has 1 N–H and O–H groups in total. The number of ether oxygens (including phenoxy) is 1. The summed E-state index contributed by atoms with van der Waals surface area (Å²) in [6.07, 6.45) is 0.00334. The van der Waals surface area contributed by atoms with Gasteiger partial charge in [-0.15, -0.1) is 0 Å². The first kappa shape index (κ1) is 16.5. The van der Waals surface area contributed by atoms with Gasteiger partial charge in [0.05, 0.1) is 11.0 Å². The fourth-order valence-electron chi connectivity index (χ4n) is 2.05. The van der Waals surface area contributed by atoms with Gasteiger partial charge in [0.15, 0.2) is 6.10 Å². The monoisotopic (exact) mass is 314 g/mol. The van der Waals surface area contributed by atoms with Crippen molar-refractivity contribution >= 4 is 11.6 Å². The van der Waals surface area contributed by atoms with Crippen LogP contribution >= 0.6 is 0 Å². The highest BCUT2D eigenvalue weighted by molar-refractivity contribution is 5.80. The van der Waals surface area contributed by atoms with Crippen molar-refractivity contribution < 1.29 is 14.5 Å². The van der Waals surface area contributed by atoms with E-state index in [0.717, 1.165) is 12.0 Å². The van der Waals surface area contributed by atoms with E-state index in [2.05, 4.69) is 5.32 Å². The first-order chi connectivity index (χ1) is 11.1. The first-order valence-corrected chi connectivity index (χ1v) is 7.29. The van der Waals surface area contributed by atoms with Gasteiger partial charge in [0.2, 0.25) is 0 Å².